The highest BCUT2D eigenvalue weighted by Gasteiger charge is 2.20. The Balaban J connectivity index is 1.65. The first kappa shape index (κ1) is 19.1. The second-order valence-corrected chi connectivity index (χ2v) is 9.16. The summed E-state index contributed by atoms with van der Waals surface area (Å²) in [7, 11) is -3.63. The number of rotatable bonds is 5. The average molecular weight is 417 g/mol. The number of fused-ring (bicyclic) bond motifs is 1. The molecule has 0 spiro atoms. The van der Waals surface area contributed by atoms with Gasteiger partial charge in [-0.25, -0.2) is 23.1 Å². The summed E-state index contributed by atoms with van der Waals surface area (Å²) in [6.45, 7) is 3.79. The van der Waals surface area contributed by atoms with Gasteiger partial charge in [0.2, 0.25) is 10.0 Å². The van der Waals surface area contributed by atoms with Gasteiger partial charge in [-0.3, -0.25) is 0 Å². The smallest absolute Gasteiger partial charge is 0.240 e. The molecular formula is C20H21ClN4O2S. The third-order valence-electron chi connectivity index (χ3n) is 4.84. The lowest BCUT2D eigenvalue weighted by molar-refractivity contribution is 0.579. The minimum Gasteiger partial charge on any atom is -0.356 e. The predicted octanol–water partition coefficient (Wildman–Crippen LogP) is 3.67. The zero-order valence-corrected chi connectivity index (χ0v) is 17.1. The third kappa shape index (κ3) is 3.97. The molecule has 0 aliphatic carbocycles. The van der Waals surface area contributed by atoms with Gasteiger partial charge < -0.3 is 4.90 Å². The van der Waals surface area contributed by atoms with E-state index >= 15 is 0 Å². The molecule has 4 rings (SSSR count). The fourth-order valence-electron chi connectivity index (χ4n) is 3.34. The van der Waals surface area contributed by atoms with Gasteiger partial charge in [0.25, 0.3) is 0 Å². The molecule has 28 heavy (non-hydrogen) atoms. The van der Waals surface area contributed by atoms with Crippen LogP contribution in [0.1, 0.15) is 24.2 Å². The van der Waals surface area contributed by atoms with Gasteiger partial charge >= 0.3 is 0 Å². The molecule has 2 heterocycles. The molecule has 1 fully saturated rings. The summed E-state index contributed by atoms with van der Waals surface area (Å²) >= 11 is 6.17. The summed E-state index contributed by atoms with van der Waals surface area (Å²) in [4.78, 5) is 11.6. The fourth-order valence-corrected chi connectivity index (χ4v) is 4.49. The van der Waals surface area contributed by atoms with Gasteiger partial charge in [-0.15, -0.1) is 0 Å². The first-order valence-electron chi connectivity index (χ1n) is 9.20. The Morgan fingerprint density at radius 3 is 2.50 bits per heavy atom. The number of hydrogen-bond donors (Lipinski definition) is 1. The first-order valence-corrected chi connectivity index (χ1v) is 11.1. The molecule has 1 N–H and O–H groups in total. The lowest BCUT2D eigenvalue weighted by Gasteiger charge is -2.19. The van der Waals surface area contributed by atoms with E-state index in [1.165, 1.54) is 0 Å². The lowest BCUT2D eigenvalue weighted by atomic mass is 10.2. The van der Waals surface area contributed by atoms with Crippen LogP contribution in [-0.4, -0.2) is 31.5 Å². The SMILES string of the molecule is Cc1ccc(S(=O)(=O)NCc2nc(N3CCCC3)c3cc(Cl)ccc3n2)cc1. The Bertz CT molecular complexity index is 1110. The number of aromatic nitrogens is 2. The molecule has 6 nitrogen and oxygen atoms in total. The summed E-state index contributed by atoms with van der Waals surface area (Å²) < 4.78 is 27.8. The highest BCUT2D eigenvalue weighted by Crippen LogP contribution is 2.29. The fraction of sp³-hybridized carbons (Fsp3) is 0.300. The number of sulfonamides is 1. The maximum Gasteiger partial charge on any atom is 0.240 e. The van der Waals surface area contributed by atoms with E-state index in [0.29, 0.717) is 10.8 Å². The maximum atomic E-state index is 12.6. The van der Waals surface area contributed by atoms with Crippen molar-refractivity contribution in [3.05, 3.63) is 58.9 Å². The van der Waals surface area contributed by atoms with Gasteiger partial charge in [0.15, 0.2) is 0 Å². The van der Waals surface area contributed by atoms with Crippen molar-refractivity contribution < 1.29 is 8.42 Å². The minimum absolute atomic E-state index is 0.0234. The van der Waals surface area contributed by atoms with E-state index in [1.807, 2.05) is 19.1 Å². The molecule has 0 radical (unpaired) electrons. The quantitative estimate of drug-likeness (QED) is 0.686. The average Bonchev–Trinajstić information content (AvgIpc) is 3.21. The van der Waals surface area contributed by atoms with Crippen LogP contribution >= 0.6 is 11.6 Å². The topological polar surface area (TPSA) is 75.2 Å². The van der Waals surface area contributed by atoms with Crippen LogP contribution < -0.4 is 9.62 Å². The van der Waals surface area contributed by atoms with Crippen molar-refractivity contribution in [2.75, 3.05) is 18.0 Å². The van der Waals surface area contributed by atoms with E-state index in [2.05, 4.69) is 19.6 Å². The van der Waals surface area contributed by atoms with Crippen LogP contribution in [0.25, 0.3) is 10.9 Å². The summed E-state index contributed by atoms with van der Waals surface area (Å²) in [5.41, 5.74) is 1.76. The van der Waals surface area contributed by atoms with Crippen molar-refractivity contribution in [2.45, 2.75) is 31.2 Å². The Morgan fingerprint density at radius 1 is 1.07 bits per heavy atom. The third-order valence-corrected chi connectivity index (χ3v) is 6.49. The number of nitrogens with zero attached hydrogens (tertiary/aromatic N) is 3. The first-order chi connectivity index (χ1) is 13.4. The van der Waals surface area contributed by atoms with Crippen molar-refractivity contribution in [1.82, 2.24) is 14.7 Å². The highest BCUT2D eigenvalue weighted by atomic mass is 35.5. The minimum atomic E-state index is -3.63. The molecule has 1 aliphatic heterocycles. The van der Waals surface area contributed by atoms with Gasteiger partial charge in [0, 0.05) is 23.5 Å². The van der Waals surface area contributed by atoms with Crippen molar-refractivity contribution in [1.29, 1.82) is 0 Å². The largest absolute Gasteiger partial charge is 0.356 e. The number of benzene rings is 2. The van der Waals surface area contributed by atoms with Crippen LogP contribution in [0.2, 0.25) is 5.02 Å². The summed E-state index contributed by atoms with van der Waals surface area (Å²) in [6, 6.07) is 12.2. The van der Waals surface area contributed by atoms with Crippen LogP contribution in [0.4, 0.5) is 5.82 Å². The standard InChI is InChI=1S/C20H21ClN4O2S/c1-14-4-7-16(8-5-14)28(26,27)22-13-19-23-18-9-6-15(21)12-17(18)20(24-19)25-10-2-3-11-25/h4-9,12,22H,2-3,10-11,13H2,1H3. The summed E-state index contributed by atoms with van der Waals surface area (Å²) in [5, 5.41) is 1.52. The van der Waals surface area contributed by atoms with Gasteiger partial charge in [0.1, 0.15) is 11.6 Å². The lowest BCUT2D eigenvalue weighted by Crippen LogP contribution is -2.25. The molecule has 8 heteroatoms. The van der Waals surface area contributed by atoms with E-state index in [4.69, 9.17) is 11.6 Å². The summed E-state index contributed by atoms with van der Waals surface area (Å²) in [5.74, 6) is 1.25. The molecule has 1 aliphatic rings. The summed E-state index contributed by atoms with van der Waals surface area (Å²) in [6.07, 6.45) is 2.23. The monoisotopic (exact) mass is 416 g/mol. The van der Waals surface area contributed by atoms with Crippen molar-refractivity contribution in [2.24, 2.45) is 0 Å². The molecule has 1 saturated heterocycles. The van der Waals surface area contributed by atoms with Crippen LogP contribution in [0.3, 0.4) is 0 Å². The van der Waals surface area contributed by atoms with E-state index in [9.17, 15) is 8.42 Å². The number of hydrogen-bond acceptors (Lipinski definition) is 5. The van der Waals surface area contributed by atoms with Gasteiger partial charge in [-0.2, -0.15) is 0 Å². The molecular weight excluding hydrogens is 396 g/mol. The Hall–Kier alpha value is -2.22. The van der Waals surface area contributed by atoms with Crippen LogP contribution in [0.15, 0.2) is 47.4 Å². The Morgan fingerprint density at radius 2 is 1.79 bits per heavy atom. The van der Waals surface area contributed by atoms with Crippen LogP contribution in [-0.2, 0) is 16.6 Å². The normalized spacial score (nSPS) is 14.7. The molecule has 146 valence electrons. The Kier molecular flexibility index (Phi) is 5.23. The number of aryl methyl sites for hydroxylation is 1. The number of halogens is 1. The van der Waals surface area contributed by atoms with Crippen LogP contribution in [0, 0.1) is 6.92 Å². The van der Waals surface area contributed by atoms with E-state index in [1.54, 1.807) is 30.3 Å². The zero-order chi connectivity index (χ0) is 19.7. The maximum absolute atomic E-state index is 12.6. The molecule has 0 saturated carbocycles. The predicted molar refractivity (Wildman–Crippen MR) is 111 cm³/mol. The van der Waals surface area contributed by atoms with Crippen molar-refractivity contribution >= 4 is 38.3 Å². The van der Waals surface area contributed by atoms with Crippen molar-refractivity contribution in [3.63, 3.8) is 0 Å². The number of anilines is 1. The van der Waals surface area contributed by atoms with E-state index < -0.39 is 10.0 Å². The van der Waals surface area contributed by atoms with Crippen molar-refractivity contribution in [3.8, 4) is 0 Å². The van der Waals surface area contributed by atoms with E-state index in [0.717, 1.165) is 48.2 Å². The highest BCUT2D eigenvalue weighted by molar-refractivity contribution is 7.89. The molecule has 3 aromatic rings. The molecule has 0 amide bonds. The molecule has 0 unspecified atom stereocenters. The second kappa shape index (κ2) is 7.66. The van der Waals surface area contributed by atoms with Gasteiger partial charge in [0.05, 0.1) is 17.0 Å². The Labute approximate surface area is 169 Å². The molecule has 0 atom stereocenters. The van der Waals surface area contributed by atoms with Gasteiger partial charge in [-0.1, -0.05) is 29.3 Å². The molecule has 1 aromatic heterocycles. The van der Waals surface area contributed by atoms with Crippen LogP contribution in [0.5, 0.6) is 0 Å². The molecule has 2 aromatic carbocycles. The zero-order valence-electron chi connectivity index (χ0n) is 15.5. The van der Waals surface area contributed by atoms with Gasteiger partial charge in [-0.05, 0) is 50.1 Å². The second-order valence-electron chi connectivity index (χ2n) is 6.96. The number of nitrogens with one attached hydrogen (secondary N) is 1. The van der Waals surface area contributed by atoms with E-state index in [-0.39, 0.29) is 11.4 Å². The molecule has 0 bridgehead atoms.